The number of hydrogen-bond donors (Lipinski definition) is 1. The molecule has 2 saturated heterocycles. The third-order valence-corrected chi connectivity index (χ3v) is 7.51. The highest BCUT2D eigenvalue weighted by Crippen LogP contribution is 2.42. The first-order chi connectivity index (χ1) is 16.0. The molecule has 2 fully saturated rings. The number of nitrogens with two attached hydrogens (primary N) is 1. The van der Waals surface area contributed by atoms with Crippen molar-refractivity contribution < 1.29 is 23.9 Å². The minimum Gasteiger partial charge on any atom is -0.462 e. The highest BCUT2D eigenvalue weighted by Gasteiger charge is 2.52. The third kappa shape index (κ3) is 4.16. The van der Waals surface area contributed by atoms with Crippen LogP contribution in [-0.4, -0.2) is 46.0 Å². The summed E-state index contributed by atoms with van der Waals surface area (Å²) >= 11 is 1.52. The number of hydrogen-bond acceptors (Lipinski definition) is 7. The molecule has 33 heavy (non-hydrogen) atoms. The minimum atomic E-state index is -0.636. The molecule has 2 N–H and O–H groups in total. The van der Waals surface area contributed by atoms with Gasteiger partial charge >= 0.3 is 11.9 Å². The van der Waals surface area contributed by atoms with E-state index in [0.717, 1.165) is 16.7 Å². The smallest absolute Gasteiger partial charge is 0.356 e. The Kier molecular flexibility index (Phi) is 5.95. The Labute approximate surface area is 195 Å². The maximum atomic E-state index is 13.6. The number of benzene rings is 2. The molecule has 0 bridgehead atoms. The highest BCUT2D eigenvalue weighted by atomic mass is 32.2. The fourth-order valence-electron chi connectivity index (χ4n) is 4.47. The number of cyclic esters (lactones) is 1. The first kappa shape index (κ1) is 21.7. The van der Waals surface area contributed by atoms with Gasteiger partial charge in [-0.25, -0.2) is 4.79 Å². The molecule has 3 atom stereocenters. The Balaban J connectivity index is 1.48. The molecular formula is C25H24N2O5S. The molecule has 3 aliphatic rings. The molecule has 0 radical (unpaired) electrons. The van der Waals surface area contributed by atoms with Crippen molar-refractivity contribution in [1.82, 2.24) is 4.90 Å². The number of amides is 1. The van der Waals surface area contributed by atoms with Crippen molar-refractivity contribution in [2.24, 2.45) is 5.73 Å². The van der Waals surface area contributed by atoms with Gasteiger partial charge in [0, 0.05) is 18.6 Å². The number of carbonyl (C=O) groups excluding carboxylic acids is 3. The van der Waals surface area contributed by atoms with E-state index in [-0.39, 0.29) is 29.1 Å². The zero-order valence-corrected chi connectivity index (χ0v) is 18.7. The SMILES string of the molecule is N[C@@H]1C(=O)N2C(C(=O)OC(c3ccccc3)c3ccccc3)=C(CC3CCC(=O)O3)CS[C@@H]12. The summed E-state index contributed by atoms with van der Waals surface area (Å²) in [5.74, 6) is -0.572. The predicted octanol–water partition coefficient (Wildman–Crippen LogP) is 2.91. The summed E-state index contributed by atoms with van der Waals surface area (Å²) in [6.45, 7) is 0. The van der Waals surface area contributed by atoms with Gasteiger partial charge in [0.1, 0.15) is 23.2 Å². The van der Waals surface area contributed by atoms with Crippen LogP contribution >= 0.6 is 11.8 Å². The molecule has 1 unspecified atom stereocenters. The quantitative estimate of drug-likeness (QED) is 0.518. The molecule has 3 aliphatic heterocycles. The average Bonchev–Trinajstić information content (AvgIpc) is 3.27. The number of carbonyl (C=O) groups is 3. The molecule has 0 aromatic heterocycles. The van der Waals surface area contributed by atoms with Crippen molar-refractivity contribution in [3.63, 3.8) is 0 Å². The van der Waals surface area contributed by atoms with Gasteiger partial charge in [-0.3, -0.25) is 14.5 Å². The molecule has 5 rings (SSSR count). The van der Waals surface area contributed by atoms with Crippen molar-refractivity contribution >= 4 is 29.6 Å². The van der Waals surface area contributed by atoms with Crippen molar-refractivity contribution in [3.8, 4) is 0 Å². The average molecular weight is 465 g/mol. The van der Waals surface area contributed by atoms with Gasteiger partial charge in [-0.05, 0) is 23.1 Å². The standard InChI is InChI=1S/C25H24N2O5S/c26-20-23(29)27-21(17(14-33-24(20)27)13-18-11-12-19(28)31-18)25(30)32-22(15-7-3-1-4-8-15)16-9-5-2-6-10-16/h1-10,18,20,22,24H,11-14,26H2/t18?,20-,24+/m1/s1. The molecule has 2 aromatic rings. The number of nitrogens with zero attached hydrogens (tertiary/aromatic N) is 1. The predicted molar refractivity (Wildman–Crippen MR) is 123 cm³/mol. The second-order valence-corrected chi connectivity index (χ2v) is 9.45. The van der Waals surface area contributed by atoms with Crippen LogP contribution in [0.1, 0.15) is 36.5 Å². The number of esters is 2. The minimum absolute atomic E-state index is 0.235. The lowest BCUT2D eigenvalue weighted by atomic mass is 9.99. The van der Waals surface area contributed by atoms with Crippen molar-refractivity contribution in [2.75, 3.05) is 5.75 Å². The van der Waals surface area contributed by atoms with Crippen molar-refractivity contribution in [2.45, 2.75) is 42.9 Å². The largest absolute Gasteiger partial charge is 0.462 e. The number of thioether (sulfide) groups is 1. The molecule has 0 saturated carbocycles. The van der Waals surface area contributed by atoms with Gasteiger partial charge in [-0.15, -0.1) is 11.8 Å². The Hall–Kier alpha value is -3.10. The molecule has 1 amide bonds. The van der Waals surface area contributed by atoms with Crippen molar-refractivity contribution in [3.05, 3.63) is 83.1 Å². The van der Waals surface area contributed by atoms with E-state index in [1.807, 2.05) is 60.7 Å². The van der Waals surface area contributed by atoms with E-state index in [2.05, 4.69) is 0 Å². The number of β-lactam (4-membered cyclic amide) rings is 1. The van der Waals surface area contributed by atoms with Gasteiger partial charge < -0.3 is 15.2 Å². The van der Waals surface area contributed by atoms with Crippen molar-refractivity contribution in [1.29, 1.82) is 0 Å². The van der Waals surface area contributed by atoms with E-state index in [1.165, 1.54) is 16.7 Å². The van der Waals surface area contributed by atoms with E-state index in [1.54, 1.807) is 0 Å². The van der Waals surface area contributed by atoms with Gasteiger partial charge in [0.05, 0.1) is 0 Å². The molecule has 0 spiro atoms. The van der Waals surface area contributed by atoms with Crippen LogP contribution in [0, 0.1) is 0 Å². The maximum Gasteiger partial charge on any atom is 0.356 e. The Bertz CT molecular complexity index is 1060. The molecular weight excluding hydrogens is 440 g/mol. The molecule has 3 heterocycles. The lowest BCUT2D eigenvalue weighted by molar-refractivity contribution is -0.153. The van der Waals surface area contributed by atoms with Crippen LogP contribution in [0.4, 0.5) is 0 Å². The summed E-state index contributed by atoms with van der Waals surface area (Å²) in [5.41, 5.74) is 8.65. The lowest BCUT2D eigenvalue weighted by Crippen LogP contribution is -2.68. The van der Waals surface area contributed by atoms with Crippen LogP contribution in [0.5, 0.6) is 0 Å². The Morgan fingerprint density at radius 2 is 1.73 bits per heavy atom. The van der Waals surface area contributed by atoms with Gasteiger partial charge in [0.15, 0.2) is 6.10 Å². The fourth-order valence-corrected chi connectivity index (χ4v) is 5.78. The number of ether oxygens (including phenoxy) is 2. The summed E-state index contributed by atoms with van der Waals surface area (Å²) in [7, 11) is 0. The summed E-state index contributed by atoms with van der Waals surface area (Å²) in [4.78, 5) is 39.3. The summed E-state index contributed by atoms with van der Waals surface area (Å²) in [5, 5.41) is -0.290. The van der Waals surface area contributed by atoms with Crippen LogP contribution in [0.25, 0.3) is 0 Å². The second-order valence-electron chi connectivity index (χ2n) is 8.35. The van der Waals surface area contributed by atoms with E-state index >= 15 is 0 Å². The van der Waals surface area contributed by atoms with E-state index in [4.69, 9.17) is 15.2 Å². The third-order valence-electron chi connectivity index (χ3n) is 6.15. The fraction of sp³-hybridized carbons (Fsp3) is 0.320. The van der Waals surface area contributed by atoms with E-state index < -0.39 is 18.1 Å². The normalized spacial score (nSPS) is 24.4. The van der Waals surface area contributed by atoms with Crippen LogP contribution in [-0.2, 0) is 23.9 Å². The number of rotatable bonds is 6. The summed E-state index contributed by atoms with van der Waals surface area (Å²) < 4.78 is 11.4. The maximum absolute atomic E-state index is 13.6. The zero-order valence-electron chi connectivity index (χ0n) is 17.9. The first-order valence-electron chi connectivity index (χ1n) is 11.0. The van der Waals surface area contributed by atoms with Gasteiger partial charge in [0.2, 0.25) is 5.91 Å². The lowest BCUT2D eigenvalue weighted by Gasteiger charge is -2.48. The molecule has 2 aromatic carbocycles. The Morgan fingerprint density at radius 3 is 2.30 bits per heavy atom. The first-order valence-corrected chi connectivity index (χ1v) is 12.0. The zero-order chi connectivity index (χ0) is 22.9. The van der Waals surface area contributed by atoms with Crippen LogP contribution in [0.2, 0.25) is 0 Å². The van der Waals surface area contributed by atoms with Gasteiger partial charge in [0.25, 0.3) is 0 Å². The highest BCUT2D eigenvalue weighted by molar-refractivity contribution is 8.00. The molecule has 8 heteroatoms. The summed E-state index contributed by atoms with van der Waals surface area (Å²) in [6, 6.07) is 18.4. The molecule has 0 aliphatic carbocycles. The van der Waals surface area contributed by atoms with E-state index in [9.17, 15) is 14.4 Å². The summed E-state index contributed by atoms with van der Waals surface area (Å²) in [6.07, 6.45) is 0.442. The van der Waals surface area contributed by atoms with Gasteiger partial charge in [-0.2, -0.15) is 0 Å². The van der Waals surface area contributed by atoms with E-state index in [0.29, 0.717) is 25.0 Å². The van der Waals surface area contributed by atoms with Crippen LogP contribution in [0.15, 0.2) is 71.9 Å². The molecule has 7 nitrogen and oxygen atoms in total. The van der Waals surface area contributed by atoms with Crippen LogP contribution < -0.4 is 5.73 Å². The van der Waals surface area contributed by atoms with Crippen LogP contribution in [0.3, 0.4) is 0 Å². The molecule has 170 valence electrons. The Morgan fingerprint density at radius 1 is 1.09 bits per heavy atom. The van der Waals surface area contributed by atoms with Gasteiger partial charge in [-0.1, -0.05) is 60.7 Å². The second kappa shape index (κ2) is 9.03. The topological polar surface area (TPSA) is 98.9 Å². The monoisotopic (exact) mass is 464 g/mol. The number of fused-ring (bicyclic) bond motifs is 1.